The van der Waals surface area contributed by atoms with E-state index in [9.17, 15) is 0 Å². The Morgan fingerprint density at radius 1 is 0.786 bits per heavy atom. The van der Waals surface area contributed by atoms with Gasteiger partial charge in [0.05, 0.1) is 46.7 Å². The van der Waals surface area contributed by atoms with Crippen LogP contribution in [0.25, 0.3) is 44.8 Å². The fourth-order valence-corrected chi connectivity index (χ4v) is 3.13. The molecule has 0 saturated carbocycles. The molecule has 0 bridgehead atoms. The minimum absolute atomic E-state index is 0.802. The van der Waals surface area contributed by atoms with E-state index in [1.54, 1.807) is 18.6 Å². The Hall–Kier alpha value is -4.00. The Bertz CT molecular complexity index is 1280. The number of rotatable bonds is 3. The van der Waals surface area contributed by atoms with Gasteiger partial charge in [-0.3, -0.25) is 15.1 Å². The fraction of sp³-hybridized carbons (Fsp3) is 0.0476. The Labute approximate surface area is 160 Å². The van der Waals surface area contributed by atoms with E-state index in [1.807, 2.05) is 55.6 Å². The van der Waals surface area contributed by atoms with Gasteiger partial charge in [-0.1, -0.05) is 6.07 Å². The maximum Gasteiger partial charge on any atom is 0.0928 e. The molecule has 28 heavy (non-hydrogen) atoms. The highest BCUT2D eigenvalue weighted by Gasteiger charge is 2.13. The summed E-state index contributed by atoms with van der Waals surface area (Å²) < 4.78 is 0. The highest BCUT2D eigenvalue weighted by Crippen LogP contribution is 2.29. The lowest BCUT2D eigenvalue weighted by atomic mass is 10.1. The number of nitrogens with one attached hydrogen (secondary N) is 1. The number of H-pyrrole nitrogens is 1. The third-order valence-corrected chi connectivity index (χ3v) is 4.51. The molecule has 7 nitrogen and oxygen atoms in total. The first kappa shape index (κ1) is 16.2. The highest BCUT2D eigenvalue weighted by atomic mass is 15.1. The SMILES string of the molecule is Cc1cccc(-c2[nH]ncc2-c2ccc3ncc(-c4ccnnc4)cc3n2)n1. The maximum atomic E-state index is 4.83. The van der Waals surface area contributed by atoms with Crippen molar-refractivity contribution in [1.29, 1.82) is 0 Å². The lowest BCUT2D eigenvalue weighted by molar-refractivity contribution is 1.03. The van der Waals surface area contributed by atoms with E-state index in [2.05, 4.69) is 30.4 Å². The molecule has 0 aliphatic heterocycles. The summed E-state index contributed by atoms with van der Waals surface area (Å²) in [6, 6.07) is 13.7. The summed E-state index contributed by atoms with van der Waals surface area (Å²) in [5.41, 5.74) is 7.86. The molecule has 0 radical (unpaired) electrons. The molecule has 5 heterocycles. The van der Waals surface area contributed by atoms with E-state index in [-0.39, 0.29) is 0 Å². The zero-order valence-electron chi connectivity index (χ0n) is 15.0. The monoisotopic (exact) mass is 365 g/mol. The Kier molecular flexibility index (Phi) is 3.83. The molecule has 5 rings (SSSR count). The van der Waals surface area contributed by atoms with Gasteiger partial charge in [-0.15, -0.1) is 0 Å². The maximum absolute atomic E-state index is 4.83. The average molecular weight is 365 g/mol. The van der Waals surface area contributed by atoms with Crippen LogP contribution in [0.2, 0.25) is 0 Å². The van der Waals surface area contributed by atoms with Crippen LogP contribution in [0, 0.1) is 6.92 Å². The minimum atomic E-state index is 0.802. The van der Waals surface area contributed by atoms with E-state index in [0.29, 0.717) is 0 Å². The van der Waals surface area contributed by atoms with Gasteiger partial charge in [0, 0.05) is 28.6 Å². The summed E-state index contributed by atoms with van der Waals surface area (Å²) >= 11 is 0. The largest absolute Gasteiger partial charge is 0.276 e. The van der Waals surface area contributed by atoms with Gasteiger partial charge < -0.3 is 0 Å². The van der Waals surface area contributed by atoms with Gasteiger partial charge in [0.2, 0.25) is 0 Å². The predicted octanol–water partition coefficient (Wildman–Crippen LogP) is 3.85. The highest BCUT2D eigenvalue weighted by molar-refractivity contribution is 5.84. The van der Waals surface area contributed by atoms with Crippen molar-refractivity contribution < 1.29 is 0 Å². The Morgan fingerprint density at radius 2 is 1.75 bits per heavy atom. The summed E-state index contributed by atoms with van der Waals surface area (Å²) in [5.74, 6) is 0. The van der Waals surface area contributed by atoms with E-state index in [0.717, 1.165) is 50.5 Å². The molecule has 1 N–H and O–H groups in total. The van der Waals surface area contributed by atoms with E-state index in [1.165, 1.54) is 0 Å². The van der Waals surface area contributed by atoms with Gasteiger partial charge in [-0.2, -0.15) is 15.3 Å². The van der Waals surface area contributed by atoms with E-state index in [4.69, 9.17) is 4.98 Å². The average Bonchev–Trinajstić information content (AvgIpc) is 3.23. The normalized spacial score (nSPS) is 11.0. The van der Waals surface area contributed by atoms with Crippen molar-refractivity contribution >= 4 is 11.0 Å². The Morgan fingerprint density at radius 3 is 2.61 bits per heavy atom. The third-order valence-electron chi connectivity index (χ3n) is 4.51. The van der Waals surface area contributed by atoms with Gasteiger partial charge in [-0.25, -0.2) is 4.98 Å². The molecule has 7 heteroatoms. The summed E-state index contributed by atoms with van der Waals surface area (Å²) in [7, 11) is 0. The topological polar surface area (TPSA) is 93.1 Å². The molecule has 0 amide bonds. The summed E-state index contributed by atoms with van der Waals surface area (Å²) in [5, 5.41) is 15.0. The number of fused-ring (bicyclic) bond motifs is 1. The van der Waals surface area contributed by atoms with Crippen LogP contribution < -0.4 is 0 Å². The van der Waals surface area contributed by atoms with Crippen molar-refractivity contribution in [1.82, 2.24) is 35.3 Å². The second kappa shape index (κ2) is 6.62. The minimum Gasteiger partial charge on any atom is -0.276 e. The zero-order chi connectivity index (χ0) is 18.9. The van der Waals surface area contributed by atoms with Gasteiger partial charge in [0.15, 0.2) is 0 Å². The number of hydrogen-bond acceptors (Lipinski definition) is 6. The number of hydrogen-bond donors (Lipinski definition) is 1. The van der Waals surface area contributed by atoms with Crippen LogP contribution in [-0.4, -0.2) is 35.3 Å². The molecule has 5 aromatic heterocycles. The van der Waals surface area contributed by atoms with Crippen LogP contribution in [-0.2, 0) is 0 Å². The Balaban J connectivity index is 1.62. The fourth-order valence-electron chi connectivity index (χ4n) is 3.13. The lowest BCUT2D eigenvalue weighted by Crippen LogP contribution is -1.92. The number of aryl methyl sites for hydroxylation is 1. The second-order valence-electron chi connectivity index (χ2n) is 6.41. The number of aromatic nitrogens is 7. The molecule has 134 valence electrons. The third kappa shape index (κ3) is 2.88. The van der Waals surface area contributed by atoms with E-state index >= 15 is 0 Å². The van der Waals surface area contributed by atoms with Crippen LogP contribution in [0.3, 0.4) is 0 Å². The molecule has 0 unspecified atom stereocenters. The molecule has 0 aromatic carbocycles. The van der Waals surface area contributed by atoms with Crippen LogP contribution in [0.4, 0.5) is 0 Å². The summed E-state index contributed by atoms with van der Waals surface area (Å²) in [6.07, 6.45) is 6.97. The quantitative estimate of drug-likeness (QED) is 0.522. The van der Waals surface area contributed by atoms with Gasteiger partial charge >= 0.3 is 0 Å². The lowest BCUT2D eigenvalue weighted by Gasteiger charge is -2.06. The smallest absolute Gasteiger partial charge is 0.0928 e. The first-order valence-electron chi connectivity index (χ1n) is 8.79. The molecule has 0 fully saturated rings. The van der Waals surface area contributed by atoms with Gasteiger partial charge in [0.1, 0.15) is 0 Å². The van der Waals surface area contributed by atoms with Crippen LogP contribution in [0.1, 0.15) is 5.69 Å². The number of nitrogens with zero attached hydrogens (tertiary/aromatic N) is 6. The molecule has 0 spiro atoms. The molecule has 0 aliphatic rings. The molecule has 5 aromatic rings. The van der Waals surface area contributed by atoms with Crippen molar-refractivity contribution in [3.8, 4) is 33.8 Å². The zero-order valence-corrected chi connectivity index (χ0v) is 15.0. The van der Waals surface area contributed by atoms with Crippen LogP contribution in [0.5, 0.6) is 0 Å². The molecule has 0 saturated heterocycles. The second-order valence-corrected chi connectivity index (χ2v) is 6.41. The van der Waals surface area contributed by atoms with Crippen LogP contribution >= 0.6 is 0 Å². The van der Waals surface area contributed by atoms with Crippen molar-refractivity contribution in [2.45, 2.75) is 6.92 Å². The summed E-state index contributed by atoms with van der Waals surface area (Å²) in [4.78, 5) is 13.9. The standard InChI is InChI=1S/C21H15N7/c1-13-3-2-4-19(26-13)21-16(12-25-28-21)17-5-6-18-20(27-17)9-15(10-22-18)14-7-8-23-24-11-14/h2-12H,1H3,(H,25,28). The summed E-state index contributed by atoms with van der Waals surface area (Å²) in [6.45, 7) is 1.97. The molecule has 0 aliphatic carbocycles. The first-order valence-corrected chi connectivity index (χ1v) is 8.79. The van der Waals surface area contributed by atoms with Crippen molar-refractivity contribution in [3.63, 3.8) is 0 Å². The van der Waals surface area contributed by atoms with Gasteiger partial charge in [0.25, 0.3) is 0 Å². The number of pyridine rings is 3. The predicted molar refractivity (Wildman–Crippen MR) is 106 cm³/mol. The van der Waals surface area contributed by atoms with Crippen molar-refractivity contribution in [2.75, 3.05) is 0 Å². The van der Waals surface area contributed by atoms with Gasteiger partial charge in [-0.05, 0) is 43.3 Å². The van der Waals surface area contributed by atoms with Crippen LogP contribution in [0.15, 0.2) is 67.3 Å². The van der Waals surface area contributed by atoms with Crippen molar-refractivity contribution in [2.24, 2.45) is 0 Å². The molecular formula is C21H15N7. The molecule has 0 atom stereocenters. The number of aromatic amines is 1. The van der Waals surface area contributed by atoms with E-state index < -0.39 is 0 Å². The first-order chi connectivity index (χ1) is 13.8. The van der Waals surface area contributed by atoms with Crippen molar-refractivity contribution in [3.05, 3.63) is 72.9 Å². The molecular weight excluding hydrogens is 350 g/mol.